The lowest BCUT2D eigenvalue weighted by Gasteiger charge is -2.42. The van der Waals surface area contributed by atoms with Crippen LogP contribution in [0.5, 0.6) is 0 Å². The zero-order valence-corrected chi connectivity index (χ0v) is 19.4. The molecule has 0 amide bonds. The van der Waals surface area contributed by atoms with E-state index in [0.29, 0.717) is 12.0 Å². The van der Waals surface area contributed by atoms with E-state index < -0.39 is 0 Å². The molecule has 2 heteroatoms. The summed E-state index contributed by atoms with van der Waals surface area (Å²) in [4.78, 5) is 0. The number of hydrogen-bond acceptors (Lipinski definition) is 1. The molecule has 0 aliphatic heterocycles. The fourth-order valence-electron chi connectivity index (χ4n) is 6.62. The number of halogens is 1. The summed E-state index contributed by atoms with van der Waals surface area (Å²) in [5, 5.41) is 0. The Balaban J connectivity index is 1.31. The van der Waals surface area contributed by atoms with Crippen molar-refractivity contribution < 1.29 is 9.13 Å². The highest BCUT2D eigenvalue weighted by molar-refractivity contribution is 5.38. The topological polar surface area (TPSA) is 9.23 Å². The molecule has 1 aromatic rings. The van der Waals surface area contributed by atoms with Crippen LogP contribution in [0.2, 0.25) is 0 Å². The minimum absolute atomic E-state index is 0.162. The first-order valence-electron chi connectivity index (χ1n) is 13.1. The summed E-state index contributed by atoms with van der Waals surface area (Å²) >= 11 is 0. The van der Waals surface area contributed by atoms with Crippen LogP contribution in [0.15, 0.2) is 12.1 Å². The molecule has 2 saturated carbocycles. The maximum atomic E-state index is 15.5. The van der Waals surface area contributed by atoms with E-state index in [-0.39, 0.29) is 5.82 Å². The van der Waals surface area contributed by atoms with Gasteiger partial charge in [-0.3, -0.25) is 0 Å². The Morgan fingerprint density at radius 3 is 2.60 bits per heavy atom. The van der Waals surface area contributed by atoms with E-state index in [2.05, 4.69) is 26.0 Å². The van der Waals surface area contributed by atoms with Crippen molar-refractivity contribution >= 4 is 0 Å². The molecule has 0 saturated heterocycles. The molecular weight excluding hydrogens is 371 g/mol. The monoisotopic (exact) mass is 414 g/mol. The molecule has 2 fully saturated rings. The van der Waals surface area contributed by atoms with Crippen LogP contribution in [-0.2, 0) is 17.6 Å². The van der Waals surface area contributed by atoms with Gasteiger partial charge in [0.1, 0.15) is 5.82 Å². The SMILES string of the molecule is CCCCCCOC1CCC2CC(c3ccc4c(c3F)CCC(CC)C4)CCC2C1. The normalized spacial score (nSPS) is 31.2. The van der Waals surface area contributed by atoms with Crippen LogP contribution in [0.3, 0.4) is 0 Å². The van der Waals surface area contributed by atoms with Gasteiger partial charge in [0.2, 0.25) is 0 Å². The summed E-state index contributed by atoms with van der Waals surface area (Å²) in [5.74, 6) is 2.94. The lowest BCUT2D eigenvalue weighted by Crippen LogP contribution is -2.34. The number of fused-ring (bicyclic) bond motifs is 2. The van der Waals surface area contributed by atoms with Crippen molar-refractivity contribution in [1.29, 1.82) is 0 Å². The van der Waals surface area contributed by atoms with Gasteiger partial charge in [0.05, 0.1) is 6.10 Å². The number of hydrogen-bond donors (Lipinski definition) is 0. The molecular formula is C28H43FO. The molecule has 0 heterocycles. The summed E-state index contributed by atoms with van der Waals surface area (Å²) in [6, 6.07) is 4.42. The predicted molar refractivity (Wildman–Crippen MR) is 124 cm³/mol. The molecule has 0 N–H and O–H groups in total. The van der Waals surface area contributed by atoms with Crippen LogP contribution in [0.4, 0.5) is 4.39 Å². The van der Waals surface area contributed by atoms with E-state index >= 15 is 4.39 Å². The second-order valence-corrected chi connectivity index (χ2v) is 10.5. The molecule has 3 aliphatic rings. The Morgan fingerprint density at radius 1 is 0.933 bits per heavy atom. The van der Waals surface area contributed by atoms with Crippen molar-refractivity contribution in [2.45, 2.75) is 116 Å². The smallest absolute Gasteiger partial charge is 0.130 e. The second kappa shape index (κ2) is 10.6. The molecule has 0 radical (unpaired) electrons. The Labute approximate surface area is 184 Å². The van der Waals surface area contributed by atoms with Gasteiger partial charge in [-0.15, -0.1) is 0 Å². The number of rotatable bonds is 8. The van der Waals surface area contributed by atoms with Crippen LogP contribution in [-0.4, -0.2) is 12.7 Å². The Bertz CT molecular complexity index is 683. The lowest BCUT2D eigenvalue weighted by atomic mass is 9.65. The average Bonchev–Trinajstić information content (AvgIpc) is 2.78. The van der Waals surface area contributed by atoms with E-state index in [1.54, 1.807) is 0 Å². The first-order valence-corrected chi connectivity index (χ1v) is 13.1. The number of benzene rings is 1. The minimum atomic E-state index is 0.162. The first-order chi connectivity index (χ1) is 14.7. The van der Waals surface area contributed by atoms with Crippen molar-refractivity contribution in [2.24, 2.45) is 17.8 Å². The van der Waals surface area contributed by atoms with Gasteiger partial charge in [0.25, 0.3) is 0 Å². The third-order valence-corrected chi connectivity index (χ3v) is 8.61. The van der Waals surface area contributed by atoms with Gasteiger partial charge in [-0.25, -0.2) is 4.39 Å². The first kappa shape index (κ1) is 22.3. The highest BCUT2D eigenvalue weighted by atomic mass is 19.1. The van der Waals surface area contributed by atoms with E-state index in [9.17, 15) is 0 Å². The van der Waals surface area contributed by atoms with Crippen molar-refractivity contribution in [1.82, 2.24) is 0 Å². The van der Waals surface area contributed by atoms with E-state index in [1.807, 2.05) is 0 Å². The predicted octanol–water partition coefficient (Wildman–Crippen LogP) is 7.99. The van der Waals surface area contributed by atoms with Crippen LogP contribution in [0.25, 0.3) is 0 Å². The van der Waals surface area contributed by atoms with Crippen molar-refractivity contribution in [2.75, 3.05) is 6.61 Å². The molecule has 168 valence electrons. The largest absolute Gasteiger partial charge is 0.378 e. The molecule has 0 spiro atoms. The van der Waals surface area contributed by atoms with Gasteiger partial charge in [0.15, 0.2) is 0 Å². The third-order valence-electron chi connectivity index (χ3n) is 8.61. The van der Waals surface area contributed by atoms with Crippen molar-refractivity contribution in [3.05, 3.63) is 34.6 Å². The Morgan fingerprint density at radius 2 is 1.77 bits per heavy atom. The van der Waals surface area contributed by atoms with Crippen LogP contribution >= 0.6 is 0 Å². The molecule has 4 rings (SSSR count). The summed E-state index contributed by atoms with van der Waals surface area (Å²) < 4.78 is 21.7. The molecule has 1 nitrogen and oxygen atoms in total. The quantitative estimate of drug-likeness (QED) is 0.392. The number of unbranched alkanes of at least 4 members (excludes halogenated alkanes) is 3. The average molecular weight is 415 g/mol. The lowest BCUT2D eigenvalue weighted by molar-refractivity contribution is -0.0164. The molecule has 1 aromatic carbocycles. The third kappa shape index (κ3) is 5.12. The molecule has 5 atom stereocenters. The number of ether oxygens (including phenoxy) is 1. The summed E-state index contributed by atoms with van der Waals surface area (Å²) in [6.07, 6.45) is 17.4. The van der Waals surface area contributed by atoms with Gasteiger partial charge >= 0.3 is 0 Å². The second-order valence-electron chi connectivity index (χ2n) is 10.5. The highest BCUT2D eigenvalue weighted by Crippen LogP contribution is 2.47. The molecule has 0 bridgehead atoms. The van der Waals surface area contributed by atoms with Gasteiger partial charge in [-0.1, -0.05) is 51.7 Å². The molecule has 3 aliphatic carbocycles. The van der Waals surface area contributed by atoms with E-state index in [4.69, 9.17) is 4.74 Å². The van der Waals surface area contributed by atoms with Crippen LogP contribution in [0.1, 0.15) is 114 Å². The van der Waals surface area contributed by atoms with Gasteiger partial charge in [-0.2, -0.15) is 0 Å². The molecule has 30 heavy (non-hydrogen) atoms. The maximum absolute atomic E-state index is 15.5. The fraction of sp³-hybridized carbons (Fsp3) is 0.786. The minimum Gasteiger partial charge on any atom is -0.378 e. The standard InChI is InChI=1S/C28H43FO/c1-3-5-6-7-16-30-25-13-11-21-18-24(10-9-22(21)19-25)27-15-12-23-17-20(4-2)8-14-26(23)28(27)29/h12,15,20-22,24-25H,3-11,13-14,16-19H2,1-2H3. The van der Waals surface area contributed by atoms with Crippen molar-refractivity contribution in [3.63, 3.8) is 0 Å². The molecule has 0 aromatic heterocycles. The van der Waals surface area contributed by atoms with E-state index in [0.717, 1.165) is 54.7 Å². The van der Waals surface area contributed by atoms with Crippen LogP contribution in [0, 0.1) is 23.6 Å². The zero-order valence-electron chi connectivity index (χ0n) is 19.4. The summed E-state index contributed by atoms with van der Waals surface area (Å²) in [5.41, 5.74) is 3.38. The van der Waals surface area contributed by atoms with Gasteiger partial charge in [0, 0.05) is 6.61 Å². The van der Waals surface area contributed by atoms with Gasteiger partial charge < -0.3 is 4.74 Å². The zero-order chi connectivity index (χ0) is 20.9. The summed E-state index contributed by atoms with van der Waals surface area (Å²) in [6.45, 7) is 5.48. The molecule has 5 unspecified atom stereocenters. The highest BCUT2D eigenvalue weighted by Gasteiger charge is 2.37. The Hall–Kier alpha value is -0.890. The van der Waals surface area contributed by atoms with Crippen molar-refractivity contribution in [3.8, 4) is 0 Å². The van der Waals surface area contributed by atoms with E-state index in [1.165, 1.54) is 76.2 Å². The van der Waals surface area contributed by atoms with Crippen LogP contribution < -0.4 is 0 Å². The summed E-state index contributed by atoms with van der Waals surface area (Å²) in [7, 11) is 0. The fourth-order valence-corrected chi connectivity index (χ4v) is 6.62. The Kier molecular flexibility index (Phi) is 7.90. The van der Waals surface area contributed by atoms with Gasteiger partial charge in [-0.05, 0) is 105 Å². The maximum Gasteiger partial charge on any atom is 0.130 e.